The molecule has 17 heavy (non-hydrogen) atoms. The van der Waals surface area contributed by atoms with Gasteiger partial charge in [0.05, 0.1) is 0 Å². The van der Waals surface area contributed by atoms with Crippen LogP contribution in [0.1, 0.15) is 80.1 Å². The van der Waals surface area contributed by atoms with Crippen molar-refractivity contribution in [1.29, 1.82) is 0 Å². The van der Waals surface area contributed by atoms with E-state index in [9.17, 15) is 0 Å². The van der Waals surface area contributed by atoms with Crippen LogP contribution in [-0.2, 0) is 0 Å². The second-order valence-electron chi connectivity index (χ2n) is 7.16. The molecule has 0 bridgehead atoms. The average molecular weight is 241 g/mol. The van der Waals surface area contributed by atoms with Crippen molar-refractivity contribution in [3.8, 4) is 0 Å². The summed E-state index contributed by atoms with van der Waals surface area (Å²) in [6.07, 6.45) is 7.41. The number of nitrogens with two attached hydrogens (primary N) is 1. The molecule has 2 N–H and O–H groups in total. The van der Waals surface area contributed by atoms with E-state index in [1.165, 1.54) is 38.5 Å². The van der Waals surface area contributed by atoms with Crippen LogP contribution < -0.4 is 5.73 Å². The number of hydrogen-bond acceptors (Lipinski definition) is 1. The van der Waals surface area contributed by atoms with E-state index in [4.69, 9.17) is 5.73 Å². The maximum Gasteiger partial charge on any atom is 0.0154 e. The monoisotopic (exact) mass is 241 g/mol. The Kier molecular flexibility index (Phi) is 8.11. The zero-order valence-corrected chi connectivity index (χ0v) is 13.1. The third-order valence-electron chi connectivity index (χ3n) is 3.66. The Morgan fingerprint density at radius 2 is 0.882 bits per heavy atom. The first kappa shape index (κ1) is 17.0. The Bertz CT molecular complexity index is 151. The van der Waals surface area contributed by atoms with E-state index in [1.54, 1.807) is 0 Å². The zero-order valence-electron chi connectivity index (χ0n) is 13.1. The van der Waals surface area contributed by atoms with Crippen molar-refractivity contribution < 1.29 is 0 Å². The first-order valence-corrected chi connectivity index (χ1v) is 7.54. The smallest absolute Gasteiger partial charge is 0.0154 e. The van der Waals surface area contributed by atoms with Crippen LogP contribution in [0, 0.1) is 17.8 Å². The molecule has 0 amide bonds. The number of rotatable bonds is 9. The molecule has 0 unspecified atom stereocenters. The molecular weight excluding hydrogens is 206 g/mol. The molecule has 0 spiro atoms. The Morgan fingerprint density at radius 3 is 1.06 bits per heavy atom. The van der Waals surface area contributed by atoms with Crippen molar-refractivity contribution in [2.24, 2.45) is 23.5 Å². The summed E-state index contributed by atoms with van der Waals surface area (Å²) >= 11 is 0. The minimum atomic E-state index is 0.0960. The lowest BCUT2D eigenvalue weighted by molar-refractivity contribution is 0.274. The summed E-state index contributed by atoms with van der Waals surface area (Å²) in [7, 11) is 0. The molecule has 0 heterocycles. The van der Waals surface area contributed by atoms with Gasteiger partial charge in [-0.2, -0.15) is 0 Å². The van der Waals surface area contributed by atoms with Crippen LogP contribution in [0.25, 0.3) is 0 Å². The highest BCUT2D eigenvalue weighted by atomic mass is 14.7. The first-order chi connectivity index (χ1) is 7.75. The maximum atomic E-state index is 6.64. The highest BCUT2D eigenvalue weighted by Crippen LogP contribution is 2.27. The zero-order chi connectivity index (χ0) is 13.5. The summed E-state index contributed by atoms with van der Waals surface area (Å²) in [6.45, 7) is 13.8. The quantitative estimate of drug-likeness (QED) is 0.604. The van der Waals surface area contributed by atoms with Crippen LogP contribution in [-0.4, -0.2) is 5.54 Å². The first-order valence-electron chi connectivity index (χ1n) is 7.54. The molecule has 0 aromatic carbocycles. The predicted molar refractivity (Wildman–Crippen MR) is 79.1 cm³/mol. The van der Waals surface area contributed by atoms with Gasteiger partial charge in [0.25, 0.3) is 0 Å². The minimum absolute atomic E-state index is 0.0960. The van der Waals surface area contributed by atoms with E-state index in [2.05, 4.69) is 41.5 Å². The van der Waals surface area contributed by atoms with Crippen molar-refractivity contribution in [3.63, 3.8) is 0 Å². The van der Waals surface area contributed by atoms with Gasteiger partial charge in [0.2, 0.25) is 0 Å². The molecule has 1 nitrogen and oxygen atoms in total. The molecule has 0 saturated carbocycles. The Morgan fingerprint density at radius 1 is 0.647 bits per heavy atom. The number of hydrogen-bond donors (Lipinski definition) is 1. The van der Waals surface area contributed by atoms with E-state index >= 15 is 0 Å². The van der Waals surface area contributed by atoms with E-state index in [0.717, 1.165) is 17.8 Å². The molecule has 0 rings (SSSR count). The molecule has 0 fully saturated rings. The summed E-state index contributed by atoms with van der Waals surface area (Å²) in [5.41, 5.74) is 6.74. The van der Waals surface area contributed by atoms with E-state index in [0.29, 0.717) is 0 Å². The lowest BCUT2D eigenvalue weighted by atomic mass is 9.80. The molecule has 0 aliphatic heterocycles. The highest BCUT2D eigenvalue weighted by molar-refractivity contribution is 4.85. The fraction of sp³-hybridized carbons (Fsp3) is 1.00. The second kappa shape index (κ2) is 8.13. The molecule has 1 heteroatoms. The van der Waals surface area contributed by atoms with Gasteiger partial charge >= 0.3 is 0 Å². The van der Waals surface area contributed by atoms with Gasteiger partial charge in [0.1, 0.15) is 0 Å². The highest BCUT2D eigenvalue weighted by Gasteiger charge is 2.25. The van der Waals surface area contributed by atoms with Crippen molar-refractivity contribution in [2.75, 3.05) is 0 Å². The third-order valence-corrected chi connectivity index (χ3v) is 3.66. The van der Waals surface area contributed by atoms with Gasteiger partial charge < -0.3 is 5.73 Å². The minimum Gasteiger partial charge on any atom is -0.325 e. The molecule has 0 aromatic heterocycles. The maximum absolute atomic E-state index is 6.64. The summed E-state index contributed by atoms with van der Waals surface area (Å²) in [4.78, 5) is 0. The fourth-order valence-electron chi connectivity index (χ4n) is 2.10. The van der Waals surface area contributed by atoms with Crippen molar-refractivity contribution in [2.45, 2.75) is 85.6 Å². The van der Waals surface area contributed by atoms with E-state index in [1.807, 2.05) is 0 Å². The SMILES string of the molecule is CC(C)CCC(N)(CCC(C)C)CCC(C)C. The van der Waals surface area contributed by atoms with E-state index < -0.39 is 0 Å². The molecule has 0 saturated heterocycles. The average Bonchev–Trinajstić information content (AvgIpc) is 2.21. The molecule has 0 radical (unpaired) electrons. The van der Waals surface area contributed by atoms with Gasteiger partial charge in [-0.25, -0.2) is 0 Å². The summed E-state index contributed by atoms with van der Waals surface area (Å²) in [5.74, 6) is 2.32. The van der Waals surface area contributed by atoms with Crippen LogP contribution in [0.2, 0.25) is 0 Å². The summed E-state index contributed by atoms with van der Waals surface area (Å²) in [6, 6.07) is 0. The molecule has 0 aromatic rings. The molecular formula is C16H35N. The Labute approximate surface area is 110 Å². The van der Waals surface area contributed by atoms with Crippen molar-refractivity contribution in [3.05, 3.63) is 0 Å². The van der Waals surface area contributed by atoms with Crippen molar-refractivity contribution in [1.82, 2.24) is 0 Å². The lowest BCUT2D eigenvalue weighted by Crippen LogP contribution is -2.40. The van der Waals surface area contributed by atoms with Gasteiger partial charge in [0, 0.05) is 5.54 Å². The van der Waals surface area contributed by atoms with Crippen molar-refractivity contribution >= 4 is 0 Å². The van der Waals surface area contributed by atoms with Crippen LogP contribution >= 0.6 is 0 Å². The van der Waals surface area contributed by atoms with Crippen LogP contribution in [0.4, 0.5) is 0 Å². The van der Waals surface area contributed by atoms with Gasteiger partial charge in [-0.15, -0.1) is 0 Å². The molecule has 0 atom stereocenters. The fourth-order valence-corrected chi connectivity index (χ4v) is 2.10. The van der Waals surface area contributed by atoms with Gasteiger partial charge in [0.15, 0.2) is 0 Å². The standard InChI is InChI=1S/C16H35N/c1-13(2)7-10-16(17,11-8-14(3)4)12-9-15(5)6/h13-15H,7-12,17H2,1-6H3. The van der Waals surface area contributed by atoms with Crippen LogP contribution in [0.15, 0.2) is 0 Å². The van der Waals surface area contributed by atoms with Gasteiger partial charge in [-0.05, 0) is 56.3 Å². The topological polar surface area (TPSA) is 26.0 Å². The summed E-state index contributed by atoms with van der Waals surface area (Å²) < 4.78 is 0. The van der Waals surface area contributed by atoms with Gasteiger partial charge in [-0.3, -0.25) is 0 Å². The summed E-state index contributed by atoms with van der Waals surface area (Å²) in [5, 5.41) is 0. The largest absolute Gasteiger partial charge is 0.325 e. The van der Waals surface area contributed by atoms with E-state index in [-0.39, 0.29) is 5.54 Å². The second-order valence-corrected chi connectivity index (χ2v) is 7.16. The molecule has 104 valence electrons. The Hall–Kier alpha value is -0.0400. The Balaban J connectivity index is 4.23. The molecule has 0 aliphatic carbocycles. The predicted octanol–water partition coefficient (Wildman–Crippen LogP) is 4.99. The van der Waals surface area contributed by atoms with Crippen LogP contribution in [0.5, 0.6) is 0 Å². The van der Waals surface area contributed by atoms with Crippen LogP contribution in [0.3, 0.4) is 0 Å². The molecule has 0 aliphatic rings. The normalized spacial score (nSPS) is 13.1. The lowest BCUT2D eigenvalue weighted by Gasteiger charge is -2.32. The van der Waals surface area contributed by atoms with Gasteiger partial charge in [-0.1, -0.05) is 41.5 Å². The third kappa shape index (κ3) is 9.64.